The third-order valence-electron chi connectivity index (χ3n) is 4.25. The van der Waals surface area contributed by atoms with Crippen molar-refractivity contribution in [1.82, 2.24) is 14.9 Å². The molecule has 2 N–H and O–H groups in total. The van der Waals surface area contributed by atoms with Crippen LogP contribution in [0, 0.1) is 0 Å². The zero-order valence-electron chi connectivity index (χ0n) is 12.7. The van der Waals surface area contributed by atoms with E-state index in [0.29, 0.717) is 38.9 Å². The van der Waals surface area contributed by atoms with Gasteiger partial charge in [0, 0.05) is 32.8 Å². The summed E-state index contributed by atoms with van der Waals surface area (Å²) < 4.78 is 31.0. The summed E-state index contributed by atoms with van der Waals surface area (Å²) in [5.41, 5.74) is 0. The molecule has 8 heteroatoms. The predicted molar refractivity (Wildman–Crippen MR) is 79.4 cm³/mol. The largest absolute Gasteiger partial charge is 0.380 e. The standard InChI is InChI=1S/C13H25N3O4S/c1-3-21(18,19)15-10-4-6-16(7-5-10)13(17)12-8-11(20-2)9-14-12/h10-12,14-15H,3-9H2,1-2H3. The predicted octanol–water partition coefficient (Wildman–Crippen LogP) is -0.706. The van der Waals surface area contributed by atoms with Gasteiger partial charge in [-0.3, -0.25) is 4.79 Å². The zero-order valence-corrected chi connectivity index (χ0v) is 13.5. The molecule has 2 rings (SSSR count). The zero-order chi connectivity index (χ0) is 15.5. The Balaban J connectivity index is 1.80. The summed E-state index contributed by atoms with van der Waals surface area (Å²) in [5, 5.41) is 3.19. The molecule has 0 spiro atoms. The van der Waals surface area contributed by atoms with Crippen molar-refractivity contribution in [2.24, 2.45) is 0 Å². The molecule has 0 aliphatic carbocycles. The number of hydrogen-bond donors (Lipinski definition) is 2. The molecule has 122 valence electrons. The number of methoxy groups -OCH3 is 1. The van der Waals surface area contributed by atoms with Gasteiger partial charge >= 0.3 is 0 Å². The molecule has 2 saturated heterocycles. The Morgan fingerprint density at radius 2 is 2.05 bits per heavy atom. The van der Waals surface area contributed by atoms with Crippen LogP contribution in [0.25, 0.3) is 0 Å². The van der Waals surface area contributed by atoms with Crippen LogP contribution in [0.5, 0.6) is 0 Å². The van der Waals surface area contributed by atoms with E-state index in [-0.39, 0.29) is 29.8 Å². The SMILES string of the molecule is CCS(=O)(=O)NC1CCN(C(=O)C2CC(OC)CN2)CC1. The number of ether oxygens (including phenoxy) is 1. The van der Waals surface area contributed by atoms with E-state index < -0.39 is 10.0 Å². The number of carbonyl (C=O) groups is 1. The molecule has 2 aliphatic rings. The lowest BCUT2D eigenvalue weighted by Gasteiger charge is -2.33. The highest BCUT2D eigenvalue weighted by Gasteiger charge is 2.34. The van der Waals surface area contributed by atoms with Crippen molar-refractivity contribution in [1.29, 1.82) is 0 Å². The summed E-state index contributed by atoms with van der Waals surface area (Å²) in [4.78, 5) is 14.2. The van der Waals surface area contributed by atoms with Gasteiger partial charge in [-0.2, -0.15) is 0 Å². The molecule has 0 saturated carbocycles. The lowest BCUT2D eigenvalue weighted by Crippen LogP contribution is -2.50. The quantitative estimate of drug-likeness (QED) is 0.699. The number of nitrogens with one attached hydrogen (secondary N) is 2. The lowest BCUT2D eigenvalue weighted by atomic mass is 10.0. The number of rotatable bonds is 5. The molecule has 21 heavy (non-hydrogen) atoms. The topological polar surface area (TPSA) is 87.7 Å². The minimum Gasteiger partial charge on any atom is -0.380 e. The number of piperidine rings is 1. The molecule has 0 bridgehead atoms. The molecule has 0 aromatic rings. The van der Waals surface area contributed by atoms with E-state index in [1.807, 2.05) is 4.90 Å². The van der Waals surface area contributed by atoms with Gasteiger partial charge in [0.05, 0.1) is 17.9 Å². The van der Waals surface area contributed by atoms with Crippen molar-refractivity contribution < 1.29 is 17.9 Å². The van der Waals surface area contributed by atoms with E-state index >= 15 is 0 Å². The fraction of sp³-hybridized carbons (Fsp3) is 0.923. The Morgan fingerprint density at radius 1 is 1.38 bits per heavy atom. The minimum atomic E-state index is -3.17. The maximum Gasteiger partial charge on any atom is 0.239 e. The number of sulfonamides is 1. The second-order valence-corrected chi connectivity index (χ2v) is 7.72. The summed E-state index contributed by atoms with van der Waals surface area (Å²) in [6.45, 7) is 3.54. The van der Waals surface area contributed by atoms with Gasteiger partial charge in [-0.05, 0) is 26.2 Å². The van der Waals surface area contributed by atoms with Crippen LogP contribution >= 0.6 is 0 Å². The van der Waals surface area contributed by atoms with Crippen LogP contribution in [0.2, 0.25) is 0 Å². The summed E-state index contributed by atoms with van der Waals surface area (Å²) in [7, 11) is -1.51. The summed E-state index contributed by atoms with van der Waals surface area (Å²) in [5.74, 6) is 0.197. The van der Waals surface area contributed by atoms with E-state index in [0.717, 1.165) is 0 Å². The second-order valence-electron chi connectivity index (χ2n) is 5.68. The number of amides is 1. The van der Waals surface area contributed by atoms with E-state index in [4.69, 9.17) is 4.74 Å². The molecule has 2 aliphatic heterocycles. The van der Waals surface area contributed by atoms with Gasteiger partial charge in [0.1, 0.15) is 0 Å². The number of hydrogen-bond acceptors (Lipinski definition) is 5. The van der Waals surface area contributed by atoms with Crippen LogP contribution in [-0.4, -0.2) is 69.9 Å². The lowest BCUT2D eigenvalue weighted by molar-refractivity contribution is -0.134. The van der Waals surface area contributed by atoms with Crippen LogP contribution in [-0.2, 0) is 19.6 Å². The third kappa shape index (κ3) is 4.38. The molecule has 2 heterocycles. The van der Waals surface area contributed by atoms with Gasteiger partial charge in [-0.1, -0.05) is 0 Å². The molecule has 0 radical (unpaired) electrons. The fourth-order valence-electron chi connectivity index (χ4n) is 2.85. The van der Waals surface area contributed by atoms with Crippen molar-refractivity contribution in [3.63, 3.8) is 0 Å². The highest BCUT2D eigenvalue weighted by molar-refractivity contribution is 7.89. The first-order valence-electron chi connectivity index (χ1n) is 7.50. The number of carbonyl (C=O) groups excluding carboxylic acids is 1. The molecule has 0 aromatic heterocycles. The van der Waals surface area contributed by atoms with Gasteiger partial charge in [-0.15, -0.1) is 0 Å². The Hall–Kier alpha value is -0.700. The number of likely N-dealkylation sites (tertiary alicyclic amines) is 1. The smallest absolute Gasteiger partial charge is 0.239 e. The molecule has 2 atom stereocenters. The minimum absolute atomic E-state index is 0.0535. The van der Waals surface area contributed by atoms with Crippen LogP contribution in [0.15, 0.2) is 0 Å². The van der Waals surface area contributed by atoms with Crippen LogP contribution in [0.3, 0.4) is 0 Å². The summed E-state index contributed by atoms with van der Waals surface area (Å²) in [6, 6.07) is -0.221. The third-order valence-corrected chi connectivity index (χ3v) is 5.71. The molecule has 0 aromatic carbocycles. The van der Waals surface area contributed by atoms with E-state index in [9.17, 15) is 13.2 Å². The van der Waals surface area contributed by atoms with E-state index in [2.05, 4.69) is 10.0 Å². The normalized spacial score (nSPS) is 28.0. The fourth-order valence-corrected chi connectivity index (χ4v) is 3.76. The Kier molecular flexibility index (Phi) is 5.59. The monoisotopic (exact) mass is 319 g/mol. The average Bonchev–Trinajstić information content (AvgIpc) is 2.96. The highest BCUT2D eigenvalue weighted by Crippen LogP contribution is 2.17. The van der Waals surface area contributed by atoms with Crippen LogP contribution in [0.1, 0.15) is 26.2 Å². The van der Waals surface area contributed by atoms with Crippen molar-refractivity contribution in [2.45, 2.75) is 44.4 Å². The van der Waals surface area contributed by atoms with E-state index in [1.54, 1.807) is 14.0 Å². The highest BCUT2D eigenvalue weighted by atomic mass is 32.2. The van der Waals surface area contributed by atoms with Crippen molar-refractivity contribution >= 4 is 15.9 Å². The Labute approximate surface area is 126 Å². The van der Waals surface area contributed by atoms with Crippen LogP contribution in [0.4, 0.5) is 0 Å². The second kappa shape index (κ2) is 7.04. The van der Waals surface area contributed by atoms with Gasteiger partial charge in [0.15, 0.2) is 0 Å². The molecule has 2 fully saturated rings. The first kappa shape index (κ1) is 16.7. The van der Waals surface area contributed by atoms with Gasteiger partial charge in [0.2, 0.25) is 15.9 Å². The maximum absolute atomic E-state index is 12.4. The van der Waals surface area contributed by atoms with Gasteiger partial charge in [-0.25, -0.2) is 13.1 Å². The summed E-state index contributed by atoms with van der Waals surface area (Å²) >= 11 is 0. The van der Waals surface area contributed by atoms with Crippen molar-refractivity contribution in [2.75, 3.05) is 32.5 Å². The van der Waals surface area contributed by atoms with Gasteiger partial charge in [0.25, 0.3) is 0 Å². The first-order valence-corrected chi connectivity index (χ1v) is 9.15. The van der Waals surface area contributed by atoms with E-state index in [1.165, 1.54) is 0 Å². The van der Waals surface area contributed by atoms with Gasteiger partial charge < -0.3 is 15.0 Å². The average molecular weight is 319 g/mol. The summed E-state index contributed by atoms with van der Waals surface area (Å²) in [6.07, 6.45) is 2.15. The maximum atomic E-state index is 12.4. The van der Waals surface area contributed by atoms with Crippen molar-refractivity contribution in [3.8, 4) is 0 Å². The number of nitrogens with zero attached hydrogens (tertiary/aromatic N) is 1. The van der Waals surface area contributed by atoms with Crippen LogP contribution < -0.4 is 10.0 Å². The molecule has 2 unspecified atom stereocenters. The molecular formula is C13H25N3O4S. The first-order chi connectivity index (χ1) is 9.95. The Bertz CT molecular complexity index is 460. The molecule has 7 nitrogen and oxygen atoms in total. The molecule has 1 amide bonds. The Morgan fingerprint density at radius 3 is 2.57 bits per heavy atom. The van der Waals surface area contributed by atoms with Crippen molar-refractivity contribution in [3.05, 3.63) is 0 Å². The molecular weight excluding hydrogens is 294 g/mol.